The molecule has 0 radical (unpaired) electrons. The highest BCUT2D eigenvalue weighted by Gasteiger charge is 2.12. The summed E-state index contributed by atoms with van der Waals surface area (Å²) in [5, 5.41) is 2.43. The molecular formula is C25H23NO. The Morgan fingerprint density at radius 3 is 1.89 bits per heavy atom. The predicted octanol–water partition coefficient (Wildman–Crippen LogP) is 6.06. The molecule has 0 atom stereocenters. The van der Waals surface area contributed by atoms with Crippen molar-refractivity contribution in [3.8, 4) is 5.75 Å². The van der Waals surface area contributed by atoms with E-state index in [1.807, 2.05) is 6.07 Å². The SMILES string of the molecule is COc1ccc2cccc(N(Cc3ccccc3)Cc3ccccc3)c2c1. The molecule has 27 heavy (non-hydrogen) atoms. The fourth-order valence-corrected chi connectivity index (χ4v) is 3.47. The third kappa shape index (κ3) is 3.95. The summed E-state index contributed by atoms with van der Waals surface area (Å²) in [7, 11) is 1.72. The number of ether oxygens (including phenoxy) is 1. The number of fused-ring (bicyclic) bond motifs is 1. The highest BCUT2D eigenvalue weighted by atomic mass is 16.5. The third-order valence-corrected chi connectivity index (χ3v) is 4.84. The fraction of sp³-hybridized carbons (Fsp3) is 0.120. The van der Waals surface area contributed by atoms with Crippen LogP contribution in [0.15, 0.2) is 97.1 Å². The average Bonchev–Trinajstić information content (AvgIpc) is 2.74. The number of anilines is 1. The van der Waals surface area contributed by atoms with Gasteiger partial charge in [-0.1, -0.05) is 78.9 Å². The summed E-state index contributed by atoms with van der Waals surface area (Å²) < 4.78 is 5.48. The van der Waals surface area contributed by atoms with Crippen LogP contribution in [0.1, 0.15) is 11.1 Å². The van der Waals surface area contributed by atoms with Crippen LogP contribution < -0.4 is 9.64 Å². The van der Waals surface area contributed by atoms with E-state index in [1.54, 1.807) is 7.11 Å². The van der Waals surface area contributed by atoms with Gasteiger partial charge < -0.3 is 9.64 Å². The molecule has 0 unspecified atom stereocenters. The van der Waals surface area contributed by atoms with Gasteiger partial charge in [-0.3, -0.25) is 0 Å². The summed E-state index contributed by atoms with van der Waals surface area (Å²) >= 11 is 0. The van der Waals surface area contributed by atoms with Crippen LogP contribution in [0, 0.1) is 0 Å². The Labute approximate surface area is 160 Å². The van der Waals surface area contributed by atoms with Gasteiger partial charge in [-0.15, -0.1) is 0 Å². The molecule has 0 bridgehead atoms. The summed E-state index contributed by atoms with van der Waals surface area (Å²) in [6, 6.07) is 34.0. The Hall–Kier alpha value is -3.26. The van der Waals surface area contributed by atoms with Crippen molar-refractivity contribution in [3.63, 3.8) is 0 Å². The number of rotatable bonds is 6. The Balaban J connectivity index is 1.78. The van der Waals surface area contributed by atoms with Gasteiger partial charge in [0.25, 0.3) is 0 Å². The van der Waals surface area contributed by atoms with E-state index in [9.17, 15) is 0 Å². The maximum Gasteiger partial charge on any atom is 0.119 e. The minimum Gasteiger partial charge on any atom is -0.497 e. The molecule has 4 aromatic rings. The van der Waals surface area contributed by atoms with Gasteiger partial charge in [-0.05, 0) is 34.7 Å². The van der Waals surface area contributed by atoms with E-state index < -0.39 is 0 Å². The van der Waals surface area contributed by atoms with Crippen LogP contribution in [0.4, 0.5) is 5.69 Å². The zero-order chi connectivity index (χ0) is 18.5. The van der Waals surface area contributed by atoms with Gasteiger partial charge in [-0.25, -0.2) is 0 Å². The second-order valence-electron chi connectivity index (χ2n) is 6.69. The van der Waals surface area contributed by atoms with E-state index in [1.165, 1.54) is 27.6 Å². The lowest BCUT2D eigenvalue weighted by molar-refractivity contribution is 0.415. The van der Waals surface area contributed by atoms with Crippen LogP contribution in [0.3, 0.4) is 0 Å². The van der Waals surface area contributed by atoms with Gasteiger partial charge in [0.15, 0.2) is 0 Å². The standard InChI is InChI=1S/C25H23NO/c1-27-23-16-15-22-13-8-14-25(24(22)17-23)26(18-20-9-4-2-5-10-20)19-21-11-6-3-7-12-21/h2-17H,18-19H2,1H3. The molecule has 0 aromatic heterocycles. The normalized spacial score (nSPS) is 10.7. The lowest BCUT2D eigenvalue weighted by Crippen LogP contribution is -2.22. The van der Waals surface area contributed by atoms with Crippen molar-refractivity contribution in [2.75, 3.05) is 12.0 Å². The van der Waals surface area contributed by atoms with Gasteiger partial charge in [0.05, 0.1) is 7.11 Å². The molecule has 0 aliphatic heterocycles. The van der Waals surface area contributed by atoms with Gasteiger partial charge in [0, 0.05) is 24.2 Å². The predicted molar refractivity (Wildman–Crippen MR) is 113 cm³/mol. The van der Waals surface area contributed by atoms with E-state index in [4.69, 9.17) is 4.74 Å². The molecule has 2 nitrogen and oxygen atoms in total. The fourth-order valence-electron chi connectivity index (χ4n) is 3.47. The molecular weight excluding hydrogens is 330 g/mol. The van der Waals surface area contributed by atoms with E-state index in [-0.39, 0.29) is 0 Å². The highest BCUT2D eigenvalue weighted by Crippen LogP contribution is 2.32. The summed E-state index contributed by atoms with van der Waals surface area (Å²) in [6.45, 7) is 1.71. The highest BCUT2D eigenvalue weighted by molar-refractivity contribution is 5.95. The monoisotopic (exact) mass is 353 g/mol. The quantitative estimate of drug-likeness (QED) is 0.418. The van der Waals surface area contributed by atoms with Crippen LogP contribution >= 0.6 is 0 Å². The largest absolute Gasteiger partial charge is 0.497 e. The maximum atomic E-state index is 5.48. The Kier molecular flexibility index (Phi) is 5.06. The van der Waals surface area contributed by atoms with Crippen molar-refractivity contribution in [1.29, 1.82) is 0 Å². The minimum absolute atomic E-state index is 0.853. The van der Waals surface area contributed by atoms with Crippen LogP contribution in [-0.2, 0) is 13.1 Å². The summed E-state index contributed by atoms with van der Waals surface area (Å²) in [4.78, 5) is 2.44. The van der Waals surface area contributed by atoms with Crippen molar-refractivity contribution < 1.29 is 4.74 Å². The minimum atomic E-state index is 0.853. The van der Waals surface area contributed by atoms with Crippen molar-refractivity contribution >= 4 is 16.5 Å². The Bertz CT molecular complexity index is 971. The first-order valence-electron chi connectivity index (χ1n) is 9.23. The van der Waals surface area contributed by atoms with E-state index >= 15 is 0 Å². The second-order valence-corrected chi connectivity index (χ2v) is 6.69. The lowest BCUT2D eigenvalue weighted by Gasteiger charge is -2.27. The molecule has 0 spiro atoms. The van der Waals surface area contributed by atoms with E-state index in [0.29, 0.717) is 0 Å². The smallest absolute Gasteiger partial charge is 0.119 e. The molecule has 0 saturated carbocycles. The van der Waals surface area contributed by atoms with E-state index in [2.05, 4.69) is 95.9 Å². The number of hydrogen-bond donors (Lipinski definition) is 0. The number of nitrogens with zero attached hydrogens (tertiary/aromatic N) is 1. The molecule has 0 aliphatic rings. The van der Waals surface area contributed by atoms with Crippen molar-refractivity contribution in [3.05, 3.63) is 108 Å². The van der Waals surface area contributed by atoms with Gasteiger partial charge in [0.1, 0.15) is 5.75 Å². The summed E-state index contributed by atoms with van der Waals surface area (Å²) in [6.07, 6.45) is 0. The Morgan fingerprint density at radius 2 is 1.30 bits per heavy atom. The van der Waals surface area contributed by atoms with Crippen LogP contribution in [0.2, 0.25) is 0 Å². The molecule has 0 N–H and O–H groups in total. The van der Waals surface area contributed by atoms with Crippen molar-refractivity contribution in [2.45, 2.75) is 13.1 Å². The lowest BCUT2D eigenvalue weighted by atomic mass is 10.1. The first-order chi connectivity index (χ1) is 13.3. The zero-order valence-electron chi connectivity index (χ0n) is 15.5. The van der Waals surface area contributed by atoms with Gasteiger partial charge in [0.2, 0.25) is 0 Å². The molecule has 0 amide bonds. The first-order valence-corrected chi connectivity index (χ1v) is 9.23. The van der Waals surface area contributed by atoms with Crippen LogP contribution in [-0.4, -0.2) is 7.11 Å². The second kappa shape index (κ2) is 7.96. The number of hydrogen-bond acceptors (Lipinski definition) is 2. The molecule has 134 valence electrons. The average molecular weight is 353 g/mol. The molecule has 2 heteroatoms. The number of methoxy groups -OCH3 is 1. The topological polar surface area (TPSA) is 12.5 Å². The zero-order valence-corrected chi connectivity index (χ0v) is 15.5. The van der Waals surface area contributed by atoms with Crippen molar-refractivity contribution in [2.24, 2.45) is 0 Å². The summed E-state index contributed by atoms with van der Waals surface area (Å²) in [5.41, 5.74) is 3.82. The Morgan fingerprint density at radius 1 is 0.667 bits per heavy atom. The van der Waals surface area contributed by atoms with Gasteiger partial charge >= 0.3 is 0 Å². The first kappa shape index (κ1) is 17.2. The van der Waals surface area contributed by atoms with Crippen molar-refractivity contribution in [1.82, 2.24) is 0 Å². The molecule has 0 fully saturated rings. The molecule has 0 aliphatic carbocycles. The molecule has 0 saturated heterocycles. The maximum absolute atomic E-state index is 5.48. The third-order valence-electron chi connectivity index (χ3n) is 4.84. The van der Waals surface area contributed by atoms with Gasteiger partial charge in [-0.2, -0.15) is 0 Å². The van der Waals surface area contributed by atoms with Crippen LogP contribution in [0.25, 0.3) is 10.8 Å². The molecule has 4 rings (SSSR count). The van der Waals surface area contributed by atoms with Crippen LogP contribution in [0.5, 0.6) is 5.75 Å². The molecule has 4 aromatic carbocycles. The number of benzene rings is 4. The molecule has 0 heterocycles. The summed E-state index contributed by atoms with van der Waals surface area (Å²) in [5.74, 6) is 0.884. The van der Waals surface area contributed by atoms with E-state index in [0.717, 1.165) is 18.8 Å².